The number of hydrogen-bond acceptors (Lipinski definition) is 6. The van der Waals surface area contributed by atoms with Gasteiger partial charge in [-0.2, -0.15) is 5.10 Å². The number of rotatable bonds is 4. The van der Waals surface area contributed by atoms with E-state index in [1.807, 2.05) is 37.3 Å². The number of hydrogen-bond donors (Lipinski definition) is 0. The third-order valence-electron chi connectivity index (χ3n) is 4.49. The molecule has 0 spiro atoms. The van der Waals surface area contributed by atoms with Crippen LogP contribution in [0.15, 0.2) is 64.8 Å². The van der Waals surface area contributed by atoms with Crippen molar-refractivity contribution in [3.8, 4) is 0 Å². The van der Waals surface area contributed by atoms with Gasteiger partial charge in [0.05, 0.1) is 22.6 Å². The second-order valence-electron chi connectivity index (χ2n) is 6.27. The van der Waals surface area contributed by atoms with Crippen LogP contribution in [0.3, 0.4) is 0 Å². The second kappa shape index (κ2) is 7.40. The number of carbonyl (C=O) groups is 3. The van der Waals surface area contributed by atoms with Gasteiger partial charge in [0.15, 0.2) is 5.17 Å². The first-order chi connectivity index (χ1) is 13.6. The molecule has 2 aliphatic rings. The molecule has 8 heteroatoms. The van der Waals surface area contributed by atoms with Gasteiger partial charge in [-0.25, -0.2) is 0 Å². The first-order valence-electron chi connectivity index (χ1n) is 8.62. The maximum atomic E-state index is 12.6. The van der Waals surface area contributed by atoms with E-state index in [2.05, 4.69) is 10.2 Å². The highest BCUT2D eigenvalue weighted by Gasteiger charge is 2.39. The second-order valence-corrected chi connectivity index (χ2v) is 7.21. The van der Waals surface area contributed by atoms with Crippen molar-refractivity contribution in [2.75, 3.05) is 12.4 Å². The van der Waals surface area contributed by atoms with Crippen LogP contribution < -0.4 is 0 Å². The lowest BCUT2D eigenvalue weighted by molar-refractivity contribution is -0.124. The number of amides is 3. The molecule has 0 saturated carbocycles. The predicted molar refractivity (Wildman–Crippen MR) is 107 cm³/mol. The average molecular weight is 392 g/mol. The van der Waals surface area contributed by atoms with Gasteiger partial charge in [-0.05, 0) is 24.6 Å². The number of benzene rings is 2. The molecule has 2 aromatic rings. The van der Waals surface area contributed by atoms with Gasteiger partial charge in [-0.15, -0.1) is 5.10 Å². The molecule has 1 saturated heterocycles. The quantitative estimate of drug-likeness (QED) is 0.455. The normalized spacial score (nSPS) is 18.4. The fourth-order valence-electron chi connectivity index (χ4n) is 2.97. The van der Waals surface area contributed by atoms with Gasteiger partial charge in [0.25, 0.3) is 11.8 Å². The Morgan fingerprint density at radius 2 is 1.54 bits per heavy atom. The molecule has 0 bridgehead atoms. The lowest BCUT2D eigenvalue weighted by atomic mass is 10.1. The zero-order valence-electron chi connectivity index (χ0n) is 15.0. The Bertz CT molecular complexity index is 998. The van der Waals surface area contributed by atoms with Gasteiger partial charge in [0, 0.05) is 0 Å². The number of carbonyl (C=O) groups excluding carboxylic acids is 3. The predicted octanol–water partition coefficient (Wildman–Crippen LogP) is 2.60. The summed E-state index contributed by atoms with van der Waals surface area (Å²) in [6, 6.07) is 16.2. The Morgan fingerprint density at radius 1 is 0.929 bits per heavy atom. The van der Waals surface area contributed by atoms with Crippen LogP contribution in [0.1, 0.15) is 33.2 Å². The summed E-state index contributed by atoms with van der Waals surface area (Å²) in [5, 5.41) is 8.78. The Hall–Kier alpha value is -3.26. The van der Waals surface area contributed by atoms with Crippen molar-refractivity contribution in [3.05, 3.63) is 71.3 Å². The molecule has 0 N–H and O–H groups in total. The number of imide groups is 1. The first-order valence-corrected chi connectivity index (χ1v) is 9.61. The molecular formula is C20H16N4O3S. The zero-order chi connectivity index (χ0) is 19.7. The van der Waals surface area contributed by atoms with E-state index in [4.69, 9.17) is 0 Å². The zero-order valence-corrected chi connectivity index (χ0v) is 15.8. The Kier molecular flexibility index (Phi) is 4.79. The van der Waals surface area contributed by atoms with Crippen molar-refractivity contribution in [2.24, 2.45) is 10.2 Å². The number of fused-ring (bicyclic) bond motifs is 1. The number of amidine groups is 1. The van der Waals surface area contributed by atoms with E-state index < -0.39 is 11.8 Å². The van der Waals surface area contributed by atoms with Crippen molar-refractivity contribution in [2.45, 2.75) is 6.92 Å². The SMILES string of the molecule is C/C(=N\N=C1/SCC(=O)N1CN1C(=O)c2ccccc2C1=O)c1ccccc1. The highest BCUT2D eigenvalue weighted by atomic mass is 32.2. The van der Waals surface area contributed by atoms with Gasteiger partial charge in [-0.3, -0.25) is 24.2 Å². The van der Waals surface area contributed by atoms with Gasteiger partial charge < -0.3 is 0 Å². The molecule has 140 valence electrons. The van der Waals surface area contributed by atoms with E-state index in [0.717, 1.165) is 10.5 Å². The molecule has 2 heterocycles. The third-order valence-corrected chi connectivity index (χ3v) is 5.45. The van der Waals surface area contributed by atoms with Gasteiger partial charge in [0.2, 0.25) is 5.91 Å². The summed E-state index contributed by atoms with van der Waals surface area (Å²) in [4.78, 5) is 39.8. The van der Waals surface area contributed by atoms with Gasteiger partial charge in [0.1, 0.15) is 6.67 Å². The van der Waals surface area contributed by atoms with Crippen LogP contribution in [-0.2, 0) is 4.79 Å². The summed E-state index contributed by atoms with van der Waals surface area (Å²) in [6.45, 7) is 1.66. The molecular weight excluding hydrogens is 376 g/mol. The maximum absolute atomic E-state index is 12.6. The molecule has 4 rings (SSSR count). The standard InChI is InChI=1S/C20H16N4O3S/c1-13(14-7-3-2-4-8-14)21-22-20-23(17(25)11-28-20)12-24-18(26)15-9-5-6-10-16(15)19(24)27/h2-10H,11-12H2,1H3/b21-13+,22-20-. The summed E-state index contributed by atoms with van der Waals surface area (Å²) >= 11 is 1.24. The molecule has 0 aromatic heterocycles. The third kappa shape index (κ3) is 3.22. The van der Waals surface area contributed by atoms with Crippen molar-refractivity contribution in [3.63, 3.8) is 0 Å². The van der Waals surface area contributed by atoms with E-state index in [9.17, 15) is 14.4 Å². The number of thioether (sulfide) groups is 1. The molecule has 2 aromatic carbocycles. The minimum atomic E-state index is -0.409. The van der Waals surface area contributed by atoms with Crippen LogP contribution in [0.4, 0.5) is 0 Å². The Labute approximate surface area is 165 Å². The first kappa shape index (κ1) is 18.1. The summed E-state index contributed by atoms with van der Waals surface area (Å²) in [6.07, 6.45) is 0. The minimum Gasteiger partial charge on any atom is -0.273 e. The van der Waals surface area contributed by atoms with E-state index in [0.29, 0.717) is 22.0 Å². The van der Waals surface area contributed by atoms with E-state index in [1.165, 1.54) is 16.7 Å². The maximum Gasteiger partial charge on any atom is 0.263 e. The lowest BCUT2D eigenvalue weighted by Crippen LogP contribution is -2.43. The van der Waals surface area contributed by atoms with Crippen molar-refractivity contribution < 1.29 is 14.4 Å². The van der Waals surface area contributed by atoms with Gasteiger partial charge in [-0.1, -0.05) is 54.2 Å². The average Bonchev–Trinajstić information content (AvgIpc) is 3.20. The Balaban J connectivity index is 1.56. The molecule has 7 nitrogen and oxygen atoms in total. The van der Waals surface area contributed by atoms with Crippen molar-refractivity contribution in [1.82, 2.24) is 9.80 Å². The number of nitrogens with zero attached hydrogens (tertiary/aromatic N) is 4. The van der Waals surface area contributed by atoms with Crippen LogP contribution in [0.25, 0.3) is 0 Å². The van der Waals surface area contributed by atoms with Crippen LogP contribution in [0.5, 0.6) is 0 Å². The summed E-state index contributed by atoms with van der Waals surface area (Å²) < 4.78 is 0. The highest BCUT2D eigenvalue weighted by Crippen LogP contribution is 2.26. The van der Waals surface area contributed by atoms with Crippen LogP contribution >= 0.6 is 11.8 Å². The summed E-state index contributed by atoms with van der Waals surface area (Å²) in [7, 11) is 0. The summed E-state index contributed by atoms with van der Waals surface area (Å²) in [5.74, 6) is -0.836. The Morgan fingerprint density at radius 3 is 2.18 bits per heavy atom. The van der Waals surface area contributed by atoms with Crippen molar-refractivity contribution in [1.29, 1.82) is 0 Å². The fourth-order valence-corrected chi connectivity index (χ4v) is 3.80. The van der Waals surface area contributed by atoms with Crippen LogP contribution in [0, 0.1) is 0 Å². The van der Waals surface area contributed by atoms with Gasteiger partial charge >= 0.3 is 0 Å². The fraction of sp³-hybridized carbons (Fsp3) is 0.150. The van der Waals surface area contributed by atoms with E-state index >= 15 is 0 Å². The van der Waals surface area contributed by atoms with E-state index in [1.54, 1.807) is 24.3 Å². The lowest BCUT2D eigenvalue weighted by Gasteiger charge is -2.21. The molecule has 28 heavy (non-hydrogen) atoms. The smallest absolute Gasteiger partial charge is 0.263 e. The van der Waals surface area contributed by atoms with Crippen molar-refractivity contribution >= 4 is 40.4 Å². The van der Waals surface area contributed by atoms with Crippen LogP contribution in [0.2, 0.25) is 0 Å². The molecule has 2 aliphatic heterocycles. The molecule has 1 fully saturated rings. The summed E-state index contributed by atoms with van der Waals surface area (Å²) in [5.41, 5.74) is 2.33. The van der Waals surface area contributed by atoms with Crippen LogP contribution in [-0.4, -0.2) is 50.8 Å². The molecule has 3 amide bonds. The minimum absolute atomic E-state index is 0.170. The molecule has 0 aliphatic carbocycles. The topological polar surface area (TPSA) is 82.4 Å². The largest absolute Gasteiger partial charge is 0.273 e. The van der Waals surface area contributed by atoms with E-state index in [-0.39, 0.29) is 18.3 Å². The molecule has 0 unspecified atom stereocenters. The monoisotopic (exact) mass is 392 g/mol. The molecule has 0 atom stereocenters. The highest BCUT2D eigenvalue weighted by molar-refractivity contribution is 8.15. The molecule has 0 radical (unpaired) electrons.